The fourth-order valence-electron chi connectivity index (χ4n) is 3.08. The molecule has 0 nitrogen and oxygen atoms in total. The van der Waals surface area contributed by atoms with Crippen molar-refractivity contribution in [1.82, 2.24) is 0 Å². The quantitative estimate of drug-likeness (QED) is 0.598. The molecule has 18 heavy (non-hydrogen) atoms. The molecule has 0 spiro atoms. The second-order valence-electron chi connectivity index (χ2n) is 5.59. The Morgan fingerprint density at radius 3 is 1.67 bits per heavy atom. The van der Waals surface area contributed by atoms with E-state index in [0.717, 1.165) is 0 Å². The van der Waals surface area contributed by atoms with Crippen molar-refractivity contribution >= 4 is 11.8 Å². The van der Waals surface area contributed by atoms with Gasteiger partial charge in [0.25, 0.3) is 0 Å². The Morgan fingerprint density at radius 2 is 1.22 bits per heavy atom. The van der Waals surface area contributed by atoms with Crippen LogP contribution in [-0.2, 0) is 12.8 Å². The van der Waals surface area contributed by atoms with E-state index in [0.29, 0.717) is 0 Å². The zero-order valence-electron chi connectivity index (χ0n) is 11.9. The summed E-state index contributed by atoms with van der Waals surface area (Å²) in [4.78, 5) is 1.58. The van der Waals surface area contributed by atoms with Crippen molar-refractivity contribution in [3.05, 3.63) is 28.8 Å². The average molecular weight is 262 g/mol. The van der Waals surface area contributed by atoms with E-state index < -0.39 is 0 Å². The predicted octanol–water partition coefficient (Wildman–Crippen LogP) is 5.55. The first-order chi connectivity index (χ1) is 8.81. The largest absolute Gasteiger partial charge is 0.129 e. The Kier molecular flexibility index (Phi) is 5.62. The lowest BCUT2D eigenvalue weighted by molar-refractivity contribution is 0.571. The van der Waals surface area contributed by atoms with Gasteiger partial charge in [0.1, 0.15) is 0 Å². The summed E-state index contributed by atoms with van der Waals surface area (Å²) in [5, 5.41) is 0. The van der Waals surface area contributed by atoms with Crippen LogP contribution in [0.5, 0.6) is 0 Å². The lowest BCUT2D eigenvalue weighted by Gasteiger charge is -2.16. The minimum atomic E-state index is 1.28. The molecule has 1 aromatic rings. The Balaban J connectivity index is 2.25. The topological polar surface area (TPSA) is 0 Å². The maximum absolute atomic E-state index is 2.42. The number of thioether (sulfide) groups is 1. The van der Waals surface area contributed by atoms with E-state index in [9.17, 15) is 0 Å². The van der Waals surface area contributed by atoms with Crippen LogP contribution in [0.1, 0.15) is 61.6 Å². The zero-order chi connectivity index (χ0) is 12.8. The van der Waals surface area contributed by atoms with E-state index in [1.54, 1.807) is 16.0 Å². The normalized spacial score (nSPS) is 17.9. The highest BCUT2D eigenvalue weighted by Gasteiger charge is 2.10. The highest BCUT2D eigenvalue weighted by molar-refractivity contribution is 7.98. The first-order valence-electron chi connectivity index (χ1n) is 7.47. The van der Waals surface area contributed by atoms with Crippen LogP contribution in [0.25, 0.3) is 0 Å². The molecule has 1 aliphatic carbocycles. The van der Waals surface area contributed by atoms with E-state index in [2.05, 4.69) is 25.3 Å². The van der Waals surface area contributed by atoms with E-state index in [-0.39, 0.29) is 0 Å². The number of fused-ring (bicyclic) bond motifs is 2. The molecule has 0 fully saturated rings. The van der Waals surface area contributed by atoms with Gasteiger partial charge in [-0.25, -0.2) is 0 Å². The molecular weight excluding hydrogens is 236 g/mol. The molecule has 2 rings (SSSR count). The van der Waals surface area contributed by atoms with Gasteiger partial charge in [-0.05, 0) is 50.0 Å². The summed E-state index contributed by atoms with van der Waals surface area (Å²) < 4.78 is 0. The van der Waals surface area contributed by atoms with Crippen molar-refractivity contribution in [2.75, 3.05) is 6.26 Å². The number of aryl methyl sites for hydroxylation is 3. The van der Waals surface area contributed by atoms with Crippen molar-refractivity contribution < 1.29 is 0 Å². The molecule has 0 saturated heterocycles. The van der Waals surface area contributed by atoms with Crippen molar-refractivity contribution in [3.63, 3.8) is 0 Å². The third kappa shape index (κ3) is 3.78. The summed E-state index contributed by atoms with van der Waals surface area (Å²) in [6, 6.07) is 4.84. The number of hydrogen-bond acceptors (Lipinski definition) is 1. The Morgan fingerprint density at radius 1 is 0.778 bits per heavy atom. The zero-order valence-corrected chi connectivity index (χ0v) is 12.7. The summed E-state index contributed by atoms with van der Waals surface area (Å²) in [7, 11) is 0. The minimum Gasteiger partial charge on any atom is -0.129 e. The van der Waals surface area contributed by atoms with Gasteiger partial charge in [-0.1, -0.05) is 49.8 Å². The molecule has 0 heterocycles. The fraction of sp³-hybridized carbons (Fsp3) is 0.647. The van der Waals surface area contributed by atoms with Crippen LogP contribution in [0, 0.1) is 6.92 Å². The van der Waals surface area contributed by atoms with Gasteiger partial charge >= 0.3 is 0 Å². The molecule has 0 aromatic heterocycles. The van der Waals surface area contributed by atoms with E-state index in [1.165, 1.54) is 63.4 Å². The number of rotatable bonds is 1. The van der Waals surface area contributed by atoms with E-state index in [4.69, 9.17) is 0 Å². The smallest absolute Gasteiger partial charge is 0.0133 e. The van der Waals surface area contributed by atoms with Gasteiger partial charge in [-0.2, -0.15) is 0 Å². The molecule has 0 atom stereocenters. The van der Waals surface area contributed by atoms with Crippen LogP contribution in [-0.4, -0.2) is 6.26 Å². The minimum absolute atomic E-state index is 1.28. The first-order valence-corrected chi connectivity index (χ1v) is 8.70. The Hall–Kier alpha value is -0.430. The van der Waals surface area contributed by atoms with Crippen molar-refractivity contribution in [2.45, 2.75) is 69.6 Å². The fourth-order valence-corrected chi connectivity index (χ4v) is 3.92. The second kappa shape index (κ2) is 7.23. The molecule has 0 N–H and O–H groups in total. The first kappa shape index (κ1) is 14.0. The molecule has 1 heteroatoms. The molecule has 1 aliphatic rings. The summed E-state index contributed by atoms with van der Waals surface area (Å²) in [6.45, 7) is 2.25. The second-order valence-corrected chi connectivity index (χ2v) is 6.41. The van der Waals surface area contributed by atoms with Gasteiger partial charge in [0.2, 0.25) is 0 Å². The molecular formula is C17H26S. The Bertz CT molecular complexity index is 350. The third-order valence-corrected chi connectivity index (χ3v) is 4.92. The molecule has 100 valence electrons. The molecule has 1 aromatic carbocycles. The summed E-state index contributed by atoms with van der Waals surface area (Å²) in [5.74, 6) is 0. The molecule has 0 unspecified atom stereocenters. The van der Waals surface area contributed by atoms with E-state index >= 15 is 0 Å². The van der Waals surface area contributed by atoms with Gasteiger partial charge in [-0.3, -0.25) is 0 Å². The van der Waals surface area contributed by atoms with Crippen molar-refractivity contribution in [3.8, 4) is 0 Å². The standard InChI is InChI=1S/C17H26S/c1-14-12-15-10-8-6-4-3-5-7-9-11-16(13-14)17(15)18-2/h12-13H,3-11H2,1-2H3. The number of hydrogen-bond donors (Lipinski definition) is 0. The van der Waals surface area contributed by atoms with Crippen molar-refractivity contribution in [2.24, 2.45) is 0 Å². The van der Waals surface area contributed by atoms with Crippen LogP contribution in [0.3, 0.4) is 0 Å². The number of benzene rings is 1. The van der Waals surface area contributed by atoms with Crippen LogP contribution in [0.15, 0.2) is 17.0 Å². The third-order valence-electron chi connectivity index (χ3n) is 3.98. The SMILES string of the molecule is CSc1c2cc(C)cc1CCCCCCCCC2. The Labute approximate surface area is 117 Å². The molecule has 0 radical (unpaired) electrons. The molecule has 2 bridgehead atoms. The lowest BCUT2D eigenvalue weighted by atomic mass is 9.96. The molecule has 0 saturated carbocycles. The highest BCUT2D eigenvalue weighted by Crippen LogP contribution is 2.30. The van der Waals surface area contributed by atoms with Gasteiger partial charge in [0, 0.05) is 4.90 Å². The van der Waals surface area contributed by atoms with Gasteiger partial charge in [0.05, 0.1) is 0 Å². The summed E-state index contributed by atoms with van der Waals surface area (Å²) >= 11 is 1.96. The van der Waals surface area contributed by atoms with Crippen LogP contribution in [0.4, 0.5) is 0 Å². The lowest BCUT2D eigenvalue weighted by Crippen LogP contribution is -1.99. The predicted molar refractivity (Wildman–Crippen MR) is 82.7 cm³/mol. The summed E-state index contributed by atoms with van der Waals surface area (Å²) in [6.07, 6.45) is 14.7. The van der Waals surface area contributed by atoms with Gasteiger partial charge < -0.3 is 0 Å². The molecule has 0 amide bonds. The average Bonchev–Trinajstić information content (AvgIpc) is 2.35. The van der Waals surface area contributed by atoms with Gasteiger partial charge in [0.15, 0.2) is 0 Å². The van der Waals surface area contributed by atoms with Crippen LogP contribution < -0.4 is 0 Å². The van der Waals surface area contributed by atoms with Crippen LogP contribution >= 0.6 is 11.8 Å². The highest BCUT2D eigenvalue weighted by atomic mass is 32.2. The molecule has 0 aliphatic heterocycles. The maximum atomic E-state index is 2.42. The summed E-state index contributed by atoms with van der Waals surface area (Å²) in [5.41, 5.74) is 4.67. The van der Waals surface area contributed by atoms with Gasteiger partial charge in [-0.15, -0.1) is 11.8 Å². The monoisotopic (exact) mass is 262 g/mol. The van der Waals surface area contributed by atoms with E-state index in [1.807, 2.05) is 11.8 Å². The van der Waals surface area contributed by atoms with Crippen LogP contribution in [0.2, 0.25) is 0 Å². The van der Waals surface area contributed by atoms with Crippen molar-refractivity contribution in [1.29, 1.82) is 0 Å². The maximum Gasteiger partial charge on any atom is 0.0133 e.